The predicted molar refractivity (Wildman–Crippen MR) is 80.4 cm³/mol. The van der Waals surface area contributed by atoms with Gasteiger partial charge in [-0.2, -0.15) is 0 Å². The molecule has 5 heteroatoms. The number of ether oxygens (including phenoxy) is 1. The van der Waals surface area contributed by atoms with Crippen LogP contribution in [0.25, 0.3) is 0 Å². The second-order valence-electron chi connectivity index (χ2n) is 4.22. The van der Waals surface area contributed by atoms with Crippen molar-refractivity contribution in [2.24, 2.45) is 0 Å². The van der Waals surface area contributed by atoms with Gasteiger partial charge in [-0.05, 0) is 40.7 Å². The highest BCUT2D eigenvalue weighted by Crippen LogP contribution is 2.31. The maximum Gasteiger partial charge on any atom is 0.142 e. The first kappa shape index (κ1) is 14.9. The number of rotatable bonds is 5. The van der Waals surface area contributed by atoms with Crippen molar-refractivity contribution in [2.75, 3.05) is 13.7 Å². The number of benzene rings is 1. The number of pyridine rings is 1. The molecule has 0 aliphatic rings. The van der Waals surface area contributed by atoms with Gasteiger partial charge in [-0.25, -0.2) is 4.39 Å². The molecule has 0 amide bonds. The maximum atomic E-state index is 14.3. The second kappa shape index (κ2) is 6.81. The highest BCUT2D eigenvalue weighted by molar-refractivity contribution is 9.10. The van der Waals surface area contributed by atoms with Gasteiger partial charge in [-0.15, -0.1) is 0 Å². The molecule has 0 radical (unpaired) electrons. The van der Waals surface area contributed by atoms with E-state index in [1.54, 1.807) is 31.5 Å². The molecule has 1 heterocycles. The van der Waals surface area contributed by atoms with Crippen LogP contribution in [0.1, 0.15) is 24.2 Å². The van der Waals surface area contributed by atoms with Crippen molar-refractivity contribution in [3.63, 3.8) is 0 Å². The molecule has 0 saturated heterocycles. The number of hydrogen-bond acceptors (Lipinski definition) is 3. The lowest BCUT2D eigenvalue weighted by Gasteiger charge is -2.20. The first-order chi connectivity index (χ1) is 9.69. The molecular weight excluding hydrogens is 323 g/mol. The lowest BCUT2D eigenvalue weighted by Crippen LogP contribution is -2.24. The number of methoxy groups -OCH3 is 1. The van der Waals surface area contributed by atoms with E-state index < -0.39 is 0 Å². The summed E-state index contributed by atoms with van der Waals surface area (Å²) in [5.41, 5.74) is 1.21. The van der Waals surface area contributed by atoms with E-state index in [9.17, 15) is 4.39 Å². The zero-order valence-corrected chi connectivity index (χ0v) is 12.9. The Morgan fingerprint density at radius 2 is 2.15 bits per heavy atom. The normalized spacial score (nSPS) is 12.2. The fraction of sp³-hybridized carbons (Fsp3) is 0.267. The van der Waals surface area contributed by atoms with Crippen molar-refractivity contribution >= 4 is 15.9 Å². The smallest absolute Gasteiger partial charge is 0.142 e. The Hall–Kier alpha value is -1.46. The molecule has 2 aromatic rings. The summed E-state index contributed by atoms with van der Waals surface area (Å²) < 4.78 is 20.1. The van der Waals surface area contributed by atoms with Crippen LogP contribution >= 0.6 is 15.9 Å². The van der Waals surface area contributed by atoms with Gasteiger partial charge in [0.1, 0.15) is 17.3 Å². The summed E-state index contributed by atoms with van der Waals surface area (Å²) in [6.07, 6.45) is 1.68. The summed E-state index contributed by atoms with van der Waals surface area (Å²) in [4.78, 5) is 4.35. The van der Waals surface area contributed by atoms with Crippen molar-refractivity contribution < 1.29 is 9.13 Å². The number of nitrogens with zero attached hydrogens (tertiary/aromatic N) is 1. The minimum absolute atomic E-state index is 0.286. The molecule has 0 fully saturated rings. The molecule has 0 bridgehead atoms. The first-order valence-corrected chi connectivity index (χ1v) is 7.14. The lowest BCUT2D eigenvalue weighted by molar-refractivity contribution is 0.399. The first-order valence-electron chi connectivity index (χ1n) is 6.35. The highest BCUT2D eigenvalue weighted by atomic mass is 79.9. The summed E-state index contributed by atoms with van der Waals surface area (Å²) in [5.74, 6) is 0.351. The van der Waals surface area contributed by atoms with E-state index in [-0.39, 0.29) is 11.9 Å². The second-order valence-corrected chi connectivity index (χ2v) is 5.08. The molecule has 2 rings (SSSR count). The Balaban J connectivity index is 2.53. The third-order valence-corrected chi connectivity index (χ3v) is 3.61. The molecule has 1 aromatic heterocycles. The Morgan fingerprint density at radius 1 is 1.35 bits per heavy atom. The quantitative estimate of drug-likeness (QED) is 0.902. The zero-order chi connectivity index (χ0) is 14.5. The van der Waals surface area contributed by atoms with Gasteiger partial charge in [-0.3, -0.25) is 4.98 Å². The van der Waals surface area contributed by atoms with E-state index in [0.29, 0.717) is 28.0 Å². The Kier molecular flexibility index (Phi) is 5.09. The van der Waals surface area contributed by atoms with Crippen LogP contribution in [0.4, 0.5) is 4.39 Å². The van der Waals surface area contributed by atoms with Gasteiger partial charge in [0.2, 0.25) is 0 Å². The number of hydrogen-bond donors (Lipinski definition) is 1. The highest BCUT2D eigenvalue weighted by Gasteiger charge is 2.22. The van der Waals surface area contributed by atoms with Gasteiger partial charge >= 0.3 is 0 Å². The van der Waals surface area contributed by atoms with Crippen LogP contribution in [-0.4, -0.2) is 18.6 Å². The standard InChI is InChI=1S/C15H16BrFN2O/c1-3-18-14(10-6-4-7-11(16)13(10)17)15-12(20-2)8-5-9-19-15/h4-9,14,18H,3H2,1-2H3. The van der Waals surface area contributed by atoms with Crippen LogP contribution in [0, 0.1) is 5.82 Å². The summed E-state index contributed by atoms with van der Waals surface area (Å²) in [6, 6.07) is 8.50. The summed E-state index contributed by atoms with van der Waals surface area (Å²) >= 11 is 3.22. The number of nitrogens with one attached hydrogen (secondary N) is 1. The molecule has 1 N–H and O–H groups in total. The molecule has 1 atom stereocenters. The summed E-state index contributed by atoms with van der Waals surface area (Å²) in [5, 5.41) is 3.25. The Morgan fingerprint density at radius 3 is 2.85 bits per heavy atom. The summed E-state index contributed by atoms with van der Waals surface area (Å²) in [7, 11) is 1.58. The Labute approximate surface area is 126 Å². The molecule has 0 spiro atoms. The third kappa shape index (κ3) is 2.99. The molecule has 1 aromatic carbocycles. The predicted octanol–water partition coefficient (Wildman–Crippen LogP) is 3.69. The minimum atomic E-state index is -0.353. The molecule has 0 aliphatic carbocycles. The van der Waals surface area contributed by atoms with Gasteiger partial charge in [0.05, 0.1) is 17.6 Å². The van der Waals surface area contributed by atoms with Crippen LogP contribution in [0.15, 0.2) is 41.0 Å². The topological polar surface area (TPSA) is 34.2 Å². The summed E-state index contributed by atoms with van der Waals surface area (Å²) in [6.45, 7) is 2.66. The van der Waals surface area contributed by atoms with Crippen LogP contribution in [0.5, 0.6) is 5.75 Å². The fourth-order valence-corrected chi connectivity index (χ4v) is 2.48. The van der Waals surface area contributed by atoms with Crippen molar-refractivity contribution in [3.8, 4) is 5.75 Å². The molecule has 0 saturated carbocycles. The Bertz CT molecular complexity index is 592. The SMILES string of the molecule is CCNC(c1cccc(Br)c1F)c1ncccc1OC. The minimum Gasteiger partial charge on any atom is -0.495 e. The number of aromatic nitrogens is 1. The maximum absolute atomic E-state index is 14.3. The monoisotopic (exact) mass is 338 g/mol. The third-order valence-electron chi connectivity index (χ3n) is 2.99. The van der Waals surface area contributed by atoms with E-state index in [0.717, 1.165) is 0 Å². The van der Waals surface area contributed by atoms with Gasteiger partial charge < -0.3 is 10.1 Å². The lowest BCUT2D eigenvalue weighted by atomic mass is 10.0. The fourth-order valence-electron chi connectivity index (χ4n) is 2.09. The van der Waals surface area contributed by atoms with Gasteiger partial charge in [0.25, 0.3) is 0 Å². The van der Waals surface area contributed by atoms with Gasteiger partial charge in [0.15, 0.2) is 0 Å². The van der Waals surface area contributed by atoms with E-state index in [4.69, 9.17) is 4.74 Å². The average molecular weight is 339 g/mol. The van der Waals surface area contributed by atoms with E-state index in [1.165, 1.54) is 0 Å². The molecular formula is C15H16BrFN2O. The average Bonchev–Trinajstić information content (AvgIpc) is 2.48. The number of halogens is 2. The van der Waals surface area contributed by atoms with Gasteiger partial charge in [0, 0.05) is 11.8 Å². The van der Waals surface area contributed by atoms with Crippen molar-refractivity contribution in [3.05, 3.63) is 58.1 Å². The molecule has 20 heavy (non-hydrogen) atoms. The molecule has 3 nitrogen and oxygen atoms in total. The zero-order valence-electron chi connectivity index (χ0n) is 11.4. The van der Waals surface area contributed by atoms with E-state index >= 15 is 0 Å². The van der Waals surface area contributed by atoms with Crippen molar-refractivity contribution in [1.82, 2.24) is 10.3 Å². The van der Waals surface area contributed by atoms with Crippen LogP contribution in [0.2, 0.25) is 0 Å². The largest absolute Gasteiger partial charge is 0.495 e. The van der Waals surface area contributed by atoms with Crippen molar-refractivity contribution in [2.45, 2.75) is 13.0 Å². The molecule has 0 aliphatic heterocycles. The van der Waals surface area contributed by atoms with Crippen molar-refractivity contribution in [1.29, 1.82) is 0 Å². The van der Waals surface area contributed by atoms with E-state index in [2.05, 4.69) is 26.2 Å². The molecule has 106 valence electrons. The van der Waals surface area contributed by atoms with Crippen LogP contribution in [0.3, 0.4) is 0 Å². The van der Waals surface area contributed by atoms with E-state index in [1.807, 2.05) is 19.1 Å². The molecule has 1 unspecified atom stereocenters. The van der Waals surface area contributed by atoms with Crippen LogP contribution in [-0.2, 0) is 0 Å². The van der Waals surface area contributed by atoms with Gasteiger partial charge in [-0.1, -0.05) is 19.1 Å². The van der Waals surface area contributed by atoms with Crippen LogP contribution < -0.4 is 10.1 Å².